The zero-order valence-corrected chi connectivity index (χ0v) is 14.3. The van der Waals surface area contributed by atoms with Gasteiger partial charge in [0.1, 0.15) is 12.3 Å². The van der Waals surface area contributed by atoms with Gasteiger partial charge >= 0.3 is 5.97 Å². The van der Waals surface area contributed by atoms with Gasteiger partial charge in [-0.25, -0.2) is 0 Å². The highest BCUT2D eigenvalue weighted by Crippen LogP contribution is 2.16. The number of hydrogen-bond donors (Lipinski definition) is 0. The maximum Gasteiger partial charge on any atom is 0.325 e. The van der Waals surface area contributed by atoms with Gasteiger partial charge in [-0.3, -0.25) is 9.59 Å². The molecule has 1 aromatic carbocycles. The minimum absolute atomic E-state index is 0.111. The smallest absolute Gasteiger partial charge is 0.325 e. The number of carbonyl (C=O) groups is 2. The van der Waals surface area contributed by atoms with Gasteiger partial charge in [0.25, 0.3) is 5.91 Å². The van der Waals surface area contributed by atoms with E-state index >= 15 is 0 Å². The summed E-state index contributed by atoms with van der Waals surface area (Å²) >= 11 is 3.32. The van der Waals surface area contributed by atoms with Crippen molar-refractivity contribution in [3.05, 3.63) is 28.7 Å². The molecule has 1 aromatic rings. The molecule has 0 spiro atoms. The molecule has 0 heterocycles. The van der Waals surface area contributed by atoms with Crippen molar-refractivity contribution in [2.45, 2.75) is 6.92 Å². The predicted octanol–water partition coefficient (Wildman–Crippen LogP) is 1.87. The Morgan fingerprint density at radius 2 is 1.91 bits per heavy atom. The Balaban J connectivity index is 2.54. The van der Waals surface area contributed by atoms with Crippen LogP contribution in [-0.4, -0.2) is 56.8 Å². The van der Waals surface area contributed by atoms with E-state index in [9.17, 15) is 9.59 Å². The van der Waals surface area contributed by atoms with E-state index < -0.39 is 5.97 Å². The second-order valence-electron chi connectivity index (χ2n) is 4.36. The molecule has 1 amide bonds. The fraction of sp³-hybridized carbons (Fsp3) is 0.467. The van der Waals surface area contributed by atoms with E-state index in [1.165, 1.54) is 12.0 Å². The molecule has 0 aromatic heterocycles. The van der Waals surface area contributed by atoms with Crippen LogP contribution in [-0.2, 0) is 19.1 Å². The number of ether oxygens (including phenoxy) is 3. The van der Waals surface area contributed by atoms with Crippen LogP contribution in [0, 0.1) is 0 Å². The Hall–Kier alpha value is -1.60. The summed E-state index contributed by atoms with van der Waals surface area (Å²) in [7, 11) is 1.53. The van der Waals surface area contributed by atoms with Crippen molar-refractivity contribution in [2.24, 2.45) is 0 Å². The highest BCUT2D eigenvalue weighted by Gasteiger charge is 2.18. The number of halogens is 1. The van der Waals surface area contributed by atoms with Crippen molar-refractivity contribution in [1.82, 2.24) is 4.90 Å². The van der Waals surface area contributed by atoms with Crippen molar-refractivity contribution in [1.29, 1.82) is 0 Å². The molecule has 122 valence electrons. The lowest BCUT2D eigenvalue weighted by Gasteiger charge is -2.21. The quantitative estimate of drug-likeness (QED) is 0.618. The lowest BCUT2D eigenvalue weighted by molar-refractivity contribution is -0.149. The maximum atomic E-state index is 12.2. The fourth-order valence-electron chi connectivity index (χ4n) is 1.62. The van der Waals surface area contributed by atoms with E-state index in [0.29, 0.717) is 18.9 Å². The van der Waals surface area contributed by atoms with Gasteiger partial charge in [-0.2, -0.15) is 0 Å². The number of esters is 1. The van der Waals surface area contributed by atoms with Crippen LogP contribution in [0.4, 0.5) is 0 Å². The first-order chi connectivity index (χ1) is 10.6. The number of carbonyl (C=O) groups excluding carboxylic acids is 2. The van der Waals surface area contributed by atoms with Crippen LogP contribution in [0.3, 0.4) is 0 Å². The number of benzene rings is 1. The monoisotopic (exact) mass is 373 g/mol. The number of hydrogen-bond acceptors (Lipinski definition) is 5. The third kappa shape index (κ3) is 6.91. The average molecular weight is 374 g/mol. The third-order valence-corrected chi connectivity index (χ3v) is 3.25. The average Bonchev–Trinajstić information content (AvgIpc) is 2.50. The summed E-state index contributed by atoms with van der Waals surface area (Å²) < 4.78 is 16.2. The molecule has 0 radical (unpaired) electrons. The molecule has 0 saturated carbocycles. The normalized spacial score (nSPS) is 10.1. The molecule has 1 rings (SSSR count). The summed E-state index contributed by atoms with van der Waals surface area (Å²) in [6, 6.07) is 7.15. The van der Waals surface area contributed by atoms with Crippen molar-refractivity contribution in [3.8, 4) is 5.75 Å². The first-order valence-electron chi connectivity index (χ1n) is 6.87. The summed E-state index contributed by atoms with van der Waals surface area (Å²) in [6.07, 6.45) is 0. The van der Waals surface area contributed by atoms with Crippen molar-refractivity contribution >= 4 is 27.8 Å². The molecule has 0 bridgehead atoms. The molecule has 0 atom stereocenters. The van der Waals surface area contributed by atoms with E-state index in [1.54, 1.807) is 19.1 Å². The molecule has 0 fully saturated rings. The van der Waals surface area contributed by atoms with Crippen LogP contribution in [0.1, 0.15) is 6.92 Å². The summed E-state index contributed by atoms with van der Waals surface area (Å²) in [5.74, 6) is -0.164. The van der Waals surface area contributed by atoms with Gasteiger partial charge in [0.05, 0.1) is 13.2 Å². The van der Waals surface area contributed by atoms with Crippen LogP contribution in [0.15, 0.2) is 28.7 Å². The highest BCUT2D eigenvalue weighted by molar-refractivity contribution is 9.10. The SMILES string of the molecule is CCOC(=O)CN(CCOC)C(=O)COc1ccc(Br)cc1. The lowest BCUT2D eigenvalue weighted by Crippen LogP contribution is -2.41. The number of nitrogens with zero attached hydrogens (tertiary/aromatic N) is 1. The van der Waals surface area contributed by atoms with Crippen molar-refractivity contribution in [2.75, 3.05) is 40.0 Å². The molecule has 0 unspecified atom stereocenters. The Bertz CT molecular complexity index is 477. The van der Waals surface area contributed by atoms with Gasteiger partial charge in [0.2, 0.25) is 0 Å². The summed E-state index contributed by atoms with van der Waals surface area (Å²) in [6.45, 7) is 2.38. The predicted molar refractivity (Wildman–Crippen MR) is 84.7 cm³/mol. The van der Waals surface area contributed by atoms with Gasteiger partial charge in [0.15, 0.2) is 6.61 Å². The molecule has 0 aliphatic rings. The first kappa shape index (κ1) is 18.4. The number of rotatable bonds is 9. The highest BCUT2D eigenvalue weighted by atomic mass is 79.9. The minimum atomic E-state index is -0.449. The van der Waals surface area contributed by atoms with Gasteiger partial charge in [-0.15, -0.1) is 0 Å². The van der Waals surface area contributed by atoms with E-state index in [-0.39, 0.29) is 25.7 Å². The largest absolute Gasteiger partial charge is 0.484 e. The first-order valence-corrected chi connectivity index (χ1v) is 7.66. The summed E-state index contributed by atoms with van der Waals surface area (Å²) in [4.78, 5) is 25.0. The lowest BCUT2D eigenvalue weighted by atomic mass is 10.3. The second-order valence-corrected chi connectivity index (χ2v) is 5.27. The molecular weight excluding hydrogens is 354 g/mol. The minimum Gasteiger partial charge on any atom is -0.484 e. The Morgan fingerprint density at radius 1 is 1.23 bits per heavy atom. The van der Waals surface area contributed by atoms with E-state index in [1.807, 2.05) is 12.1 Å². The van der Waals surface area contributed by atoms with Crippen LogP contribution in [0.2, 0.25) is 0 Å². The zero-order valence-electron chi connectivity index (χ0n) is 12.7. The van der Waals surface area contributed by atoms with Crippen LogP contribution >= 0.6 is 15.9 Å². The topological polar surface area (TPSA) is 65.1 Å². The van der Waals surface area contributed by atoms with Gasteiger partial charge in [-0.1, -0.05) is 15.9 Å². The molecular formula is C15H20BrNO5. The van der Waals surface area contributed by atoms with Gasteiger partial charge < -0.3 is 19.1 Å². The summed E-state index contributed by atoms with van der Waals surface area (Å²) in [5.41, 5.74) is 0. The van der Waals surface area contributed by atoms with Crippen LogP contribution < -0.4 is 4.74 Å². The standard InChI is InChI=1S/C15H20BrNO5/c1-3-21-15(19)10-17(8-9-20-2)14(18)11-22-13-6-4-12(16)5-7-13/h4-7H,3,8-11H2,1-2H3. The van der Waals surface area contributed by atoms with E-state index in [4.69, 9.17) is 14.2 Å². The summed E-state index contributed by atoms with van der Waals surface area (Å²) in [5, 5.41) is 0. The maximum absolute atomic E-state index is 12.2. The third-order valence-electron chi connectivity index (χ3n) is 2.72. The number of amides is 1. The molecule has 0 aliphatic heterocycles. The van der Waals surface area contributed by atoms with E-state index in [0.717, 1.165) is 4.47 Å². The molecule has 0 saturated heterocycles. The second kappa shape index (κ2) is 10.2. The molecule has 7 heteroatoms. The van der Waals surface area contributed by atoms with Crippen LogP contribution in [0.25, 0.3) is 0 Å². The molecule has 0 aliphatic carbocycles. The van der Waals surface area contributed by atoms with E-state index in [2.05, 4.69) is 15.9 Å². The van der Waals surface area contributed by atoms with Crippen molar-refractivity contribution in [3.63, 3.8) is 0 Å². The molecule has 0 N–H and O–H groups in total. The Kier molecular flexibility index (Phi) is 8.54. The number of methoxy groups -OCH3 is 1. The Labute approximate surface area is 138 Å². The van der Waals surface area contributed by atoms with Crippen molar-refractivity contribution < 1.29 is 23.8 Å². The molecule has 6 nitrogen and oxygen atoms in total. The molecule has 22 heavy (non-hydrogen) atoms. The fourth-order valence-corrected chi connectivity index (χ4v) is 1.89. The van der Waals surface area contributed by atoms with Gasteiger partial charge in [-0.05, 0) is 31.2 Å². The van der Waals surface area contributed by atoms with Crippen LogP contribution in [0.5, 0.6) is 5.75 Å². The zero-order chi connectivity index (χ0) is 16.4. The Morgan fingerprint density at radius 3 is 2.50 bits per heavy atom. The van der Waals surface area contributed by atoms with Gasteiger partial charge in [0, 0.05) is 18.1 Å².